The van der Waals surface area contributed by atoms with Crippen molar-refractivity contribution in [2.45, 2.75) is 13.8 Å². The quantitative estimate of drug-likeness (QED) is 0.683. The van der Waals surface area contributed by atoms with E-state index in [0.717, 1.165) is 2.88 Å². The topological polar surface area (TPSA) is 38.3 Å². The van der Waals surface area contributed by atoms with Crippen molar-refractivity contribution in [2.75, 3.05) is 6.61 Å². The predicted molar refractivity (Wildman–Crippen MR) is 65.3 cm³/mol. The molecule has 1 heterocycles. The minimum Gasteiger partial charge on any atom is -0.273 e. The van der Waals surface area contributed by atoms with Gasteiger partial charge in [-0.15, -0.1) is 11.3 Å². The lowest BCUT2D eigenvalue weighted by molar-refractivity contribution is 0.0209. The summed E-state index contributed by atoms with van der Waals surface area (Å²) in [6, 6.07) is 1.83. The molecule has 0 aliphatic carbocycles. The predicted octanol–water partition coefficient (Wildman–Crippen LogP) is 2.67. The Bertz CT molecular complexity index is 312. The SMILES string of the molecule is CC(C)CONC(=O)c1csc(I)c1. The van der Waals surface area contributed by atoms with Crippen LogP contribution in [0.1, 0.15) is 24.2 Å². The van der Waals surface area contributed by atoms with E-state index in [1.54, 1.807) is 11.3 Å². The van der Waals surface area contributed by atoms with Crippen LogP contribution in [0, 0.1) is 8.80 Å². The standard InChI is InChI=1S/C9H12INO2S/c1-6(2)4-13-11-9(12)7-3-8(10)14-5-7/h3,5-6H,4H2,1-2H3,(H,11,12). The van der Waals surface area contributed by atoms with Gasteiger partial charge in [-0.05, 0) is 34.6 Å². The zero-order valence-electron chi connectivity index (χ0n) is 8.04. The lowest BCUT2D eigenvalue weighted by Crippen LogP contribution is -2.25. The normalized spacial score (nSPS) is 10.6. The maximum Gasteiger partial charge on any atom is 0.275 e. The molecule has 0 spiro atoms. The molecule has 1 aromatic heterocycles. The summed E-state index contributed by atoms with van der Waals surface area (Å²) in [4.78, 5) is 16.4. The molecule has 0 radical (unpaired) electrons. The highest BCUT2D eigenvalue weighted by Gasteiger charge is 2.07. The van der Waals surface area contributed by atoms with Crippen molar-refractivity contribution < 1.29 is 9.63 Å². The second-order valence-corrected chi connectivity index (χ2v) is 6.08. The summed E-state index contributed by atoms with van der Waals surface area (Å²) in [7, 11) is 0. The van der Waals surface area contributed by atoms with Gasteiger partial charge in [-0.2, -0.15) is 0 Å². The molecular weight excluding hydrogens is 313 g/mol. The Morgan fingerprint density at radius 1 is 1.71 bits per heavy atom. The van der Waals surface area contributed by atoms with Gasteiger partial charge in [-0.1, -0.05) is 13.8 Å². The molecule has 1 aromatic rings. The number of rotatable bonds is 4. The molecule has 0 aliphatic rings. The average Bonchev–Trinajstić information content (AvgIpc) is 2.51. The molecule has 0 aromatic carbocycles. The number of hydrogen-bond donors (Lipinski definition) is 1. The van der Waals surface area contributed by atoms with Crippen molar-refractivity contribution in [3.8, 4) is 0 Å². The fourth-order valence-corrected chi connectivity index (χ4v) is 2.09. The largest absolute Gasteiger partial charge is 0.275 e. The molecule has 0 aliphatic heterocycles. The Kier molecular flexibility index (Phi) is 4.83. The summed E-state index contributed by atoms with van der Waals surface area (Å²) in [5.74, 6) is 0.239. The Hall–Kier alpha value is -0.140. The van der Waals surface area contributed by atoms with Gasteiger partial charge in [0.15, 0.2) is 0 Å². The molecule has 3 nitrogen and oxygen atoms in total. The molecule has 78 valence electrons. The Labute approximate surface area is 101 Å². The van der Waals surface area contributed by atoms with Crippen LogP contribution in [-0.2, 0) is 4.84 Å². The number of carbonyl (C=O) groups is 1. The van der Waals surface area contributed by atoms with Crippen LogP contribution >= 0.6 is 33.9 Å². The first kappa shape index (κ1) is 11.9. The molecule has 1 amide bonds. The molecule has 0 fully saturated rings. The third kappa shape index (κ3) is 3.93. The summed E-state index contributed by atoms with van der Waals surface area (Å²) in [5, 5.41) is 1.82. The summed E-state index contributed by atoms with van der Waals surface area (Å²) >= 11 is 3.72. The van der Waals surface area contributed by atoms with Crippen molar-refractivity contribution in [2.24, 2.45) is 5.92 Å². The minimum absolute atomic E-state index is 0.176. The van der Waals surface area contributed by atoms with Crippen LogP contribution in [0.3, 0.4) is 0 Å². The molecule has 0 saturated heterocycles. The lowest BCUT2D eigenvalue weighted by Gasteiger charge is -2.06. The fraction of sp³-hybridized carbons (Fsp3) is 0.444. The van der Waals surface area contributed by atoms with Crippen molar-refractivity contribution >= 4 is 39.8 Å². The van der Waals surface area contributed by atoms with Gasteiger partial charge >= 0.3 is 0 Å². The second kappa shape index (κ2) is 5.67. The van der Waals surface area contributed by atoms with E-state index in [0.29, 0.717) is 18.1 Å². The fourth-order valence-electron chi connectivity index (χ4n) is 0.762. The van der Waals surface area contributed by atoms with Crippen LogP contribution in [0.4, 0.5) is 0 Å². The van der Waals surface area contributed by atoms with Gasteiger partial charge in [0, 0.05) is 5.38 Å². The molecule has 0 unspecified atom stereocenters. The highest BCUT2D eigenvalue weighted by Crippen LogP contribution is 2.16. The summed E-state index contributed by atoms with van der Waals surface area (Å²) < 4.78 is 1.09. The van der Waals surface area contributed by atoms with Gasteiger partial charge in [0.2, 0.25) is 0 Å². The number of amides is 1. The summed E-state index contributed by atoms with van der Waals surface area (Å²) in [6.07, 6.45) is 0. The van der Waals surface area contributed by atoms with E-state index in [9.17, 15) is 4.79 Å². The van der Waals surface area contributed by atoms with E-state index in [-0.39, 0.29) is 5.91 Å². The molecule has 1 N–H and O–H groups in total. The van der Waals surface area contributed by atoms with Crippen LogP contribution in [0.25, 0.3) is 0 Å². The van der Waals surface area contributed by atoms with Gasteiger partial charge in [0.25, 0.3) is 5.91 Å². The number of halogens is 1. The van der Waals surface area contributed by atoms with Crippen LogP contribution in [-0.4, -0.2) is 12.5 Å². The lowest BCUT2D eigenvalue weighted by atomic mass is 10.2. The molecule has 0 atom stereocenters. The Balaban J connectivity index is 2.36. The Morgan fingerprint density at radius 2 is 2.43 bits per heavy atom. The third-order valence-electron chi connectivity index (χ3n) is 1.41. The van der Waals surface area contributed by atoms with E-state index in [2.05, 4.69) is 28.1 Å². The van der Waals surface area contributed by atoms with Gasteiger partial charge in [-0.25, -0.2) is 5.48 Å². The number of thiophene rings is 1. The first-order chi connectivity index (χ1) is 6.59. The zero-order valence-corrected chi connectivity index (χ0v) is 11.0. The van der Waals surface area contributed by atoms with E-state index in [1.807, 2.05) is 25.3 Å². The van der Waals surface area contributed by atoms with E-state index in [4.69, 9.17) is 4.84 Å². The smallest absolute Gasteiger partial charge is 0.273 e. The molecule has 0 saturated carbocycles. The minimum atomic E-state index is -0.176. The number of carbonyl (C=O) groups excluding carboxylic acids is 1. The van der Waals surface area contributed by atoms with Crippen molar-refractivity contribution in [1.82, 2.24) is 5.48 Å². The summed E-state index contributed by atoms with van der Waals surface area (Å²) in [5.41, 5.74) is 3.06. The monoisotopic (exact) mass is 325 g/mol. The Morgan fingerprint density at radius 3 is 2.93 bits per heavy atom. The highest BCUT2D eigenvalue weighted by molar-refractivity contribution is 14.1. The average molecular weight is 325 g/mol. The van der Waals surface area contributed by atoms with Crippen LogP contribution in [0.15, 0.2) is 11.4 Å². The zero-order chi connectivity index (χ0) is 10.6. The molecule has 14 heavy (non-hydrogen) atoms. The van der Waals surface area contributed by atoms with Gasteiger partial charge < -0.3 is 0 Å². The van der Waals surface area contributed by atoms with Crippen molar-refractivity contribution in [3.63, 3.8) is 0 Å². The van der Waals surface area contributed by atoms with Crippen LogP contribution < -0.4 is 5.48 Å². The highest BCUT2D eigenvalue weighted by atomic mass is 127. The second-order valence-electron chi connectivity index (χ2n) is 3.28. The summed E-state index contributed by atoms with van der Waals surface area (Å²) in [6.45, 7) is 4.59. The third-order valence-corrected chi connectivity index (χ3v) is 3.20. The van der Waals surface area contributed by atoms with Gasteiger partial charge in [0.1, 0.15) is 0 Å². The molecule has 5 heteroatoms. The van der Waals surface area contributed by atoms with Crippen LogP contribution in [0.5, 0.6) is 0 Å². The van der Waals surface area contributed by atoms with E-state index >= 15 is 0 Å². The van der Waals surface area contributed by atoms with Gasteiger partial charge in [0.05, 0.1) is 15.1 Å². The molecular formula is C9H12INO2S. The first-order valence-corrected chi connectivity index (χ1v) is 6.21. The van der Waals surface area contributed by atoms with E-state index < -0.39 is 0 Å². The first-order valence-electron chi connectivity index (χ1n) is 4.25. The molecule has 0 bridgehead atoms. The van der Waals surface area contributed by atoms with Crippen molar-refractivity contribution in [1.29, 1.82) is 0 Å². The van der Waals surface area contributed by atoms with Crippen LogP contribution in [0.2, 0.25) is 0 Å². The maximum atomic E-state index is 11.4. The number of hydrogen-bond acceptors (Lipinski definition) is 3. The maximum absolute atomic E-state index is 11.4. The van der Waals surface area contributed by atoms with Crippen molar-refractivity contribution in [3.05, 3.63) is 19.9 Å². The van der Waals surface area contributed by atoms with E-state index in [1.165, 1.54) is 0 Å². The van der Waals surface area contributed by atoms with Gasteiger partial charge in [-0.3, -0.25) is 9.63 Å². The number of nitrogens with one attached hydrogen (secondary N) is 1. The number of hydroxylamine groups is 1. The molecule has 1 rings (SSSR count).